The van der Waals surface area contributed by atoms with Gasteiger partial charge in [0, 0.05) is 43.8 Å². The Morgan fingerprint density at radius 2 is 1.52 bits per heavy atom. The Kier molecular flexibility index (Phi) is 8.89. The Balaban J connectivity index is 1.25. The second-order valence-corrected chi connectivity index (χ2v) is 15.1. The van der Waals surface area contributed by atoms with Gasteiger partial charge < -0.3 is 14.5 Å². The van der Waals surface area contributed by atoms with Gasteiger partial charge in [-0.1, -0.05) is 41.6 Å². The van der Waals surface area contributed by atoms with Crippen LogP contribution in [-0.2, 0) is 16.7 Å². The zero-order chi connectivity index (χ0) is 34.5. The summed E-state index contributed by atoms with van der Waals surface area (Å²) >= 11 is 0. The predicted molar refractivity (Wildman–Crippen MR) is 174 cm³/mol. The predicted octanol–water partition coefficient (Wildman–Crippen LogP) is 7.57. The maximum atomic E-state index is 14.5. The molecule has 48 heavy (non-hydrogen) atoms. The van der Waals surface area contributed by atoms with Crippen LogP contribution in [0.4, 0.5) is 28.0 Å². The summed E-state index contributed by atoms with van der Waals surface area (Å²) < 4.78 is 59.0. The van der Waals surface area contributed by atoms with Crippen LogP contribution < -0.4 is 4.90 Å². The van der Waals surface area contributed by atoms with E-state index in [1.54, 1.807) is 18.7 Å². The van der Waals surface area contributed by atoms with Gasteiger partial charge in [0.1, 0.15) is 0 Å². The van der Waals surface area contributed by atoms with E-state index in [4.69, 9.17) is 4.52 Å². The average molecular weight is 672 g/mol. The molecule has 2 aromatic carbocycles. The summed E-state index contributed by atoms with van der Waals surface area (Å²) in [6.07, 6.45) is 0.593. The molecule has 1 saturated heterocycles. The van der Waals surface area contributed by atoms with E-state index in [1.165, 1.54) is 18.7 Å². The first kappa shape index (κ1) is 34.4. The van der Waals surface area contributed by atoms with Crippen molar-refractivity contribution in [3.8, 4) is 11.1 Å². The standard InChI is InChI=1S/C36H45F4N5O3/c1-32(2,37)30-41-29(42-48-30)35-15-12-34(13-16-35,14-17-35)23-45(31(46)44-20-18-43(19-21-44)24-36(38,39)40)28-7-5-6-26(22-28)25-8-10-27(11-9-25)33(3,4)47/h5-11,22,47H,12-21,23-24H2,1-4H3. The number of aromatic nitrogens is 2. The van der Waals surface area contributed by atoms with Gasteiger partial charge in [-0.05, 0) is 100 Å². The van der Waals surface area contributed by atoms with Gasteiger partial charge in [-0.3, -0.25) is 9.80 Å². The van der Waals surface area contributed by atoms with Crippen molar-refractivity contribution in [1.82, 2.24) is 19.9 Å². The molecule has 1 aliphatic heterocycles. The molecule has 3 aromatic rings. The molecule has 260 valence electrons. The van der Waals surface area contributed by atoms with E-state index in [2.05, 4.69) is 10.1 Å². The highest BCUT2D eigenvalue weighted by atomic mass is 19.4. The second-order valence-electron chi connectivity index (χ2n) is 15.1. The van der Waals surface area contributed by atoms with Crippen molar-refractivity contribution in [2.24, 2.45) is 5.41 Å². The molecule has 2 bridgehead atoms. The highest BCUT2D eigenvalue weighted by molar-refractivity contribution is 5.93. The molecule has 3 aliphatic carbocycles. The van der Waals surface area contributed by atoms with Gasteiger partial charge in [-0.25, -0.2) is 9.18 Å². The van der Waals surface area contributed by atoms with Gasteiger partial charge in [0.25, 0.3) is 5.89 Å². The van der Waals surface area contributed by atoms with Crippen molar-refractivity contribution in [3.63, 3.8) is 0 Å². The number of amides is 2. The number of nitrogens with zero attached hydrogens (tertiary/aromatic N) is 5. The summed E-state index contributed by atoms with van der Waals surface area (Å²) in [6, 6.07) is 15.3. The Bertz CT molecular complexity index is 1580. The molecule has 2 amide bonds. The van der Waals surface area contributed by atoms with E-state index in [9.17, 15) is 27.5 Å². The van der Waals surface area contributed by atoms with Crippen LogP contribution in [0.25, 0.3) is 11.1 Å². The number of benzene rings is 2. The van der Waals surface area contributed by atoms with E-state index in [1.807, 2.05) is 53.4 Å². The fraction of sp³-hybridized carbons (Fsp3) is 0.583. The molecular formula is C36H45F4N5O3. The smallest absolute Gasteiger partial charge is 0.386 e. The van der Waals surface area contributed by atoms with E-state index in [-0.39, 0.29) is 48.9 Å². The van der Waals surface area contributed by atoms with Gasteiger partial charge in [0.2, 0.25) is 0 Å². The molecule has 4 fully saturated rings. The summed E-state index contributed by atoms with van der Waals surface area (Å²) in [6.45, 7) is 6.50. The molecule has 4 aliphatic rings. The lowest BCUT2D eigenvalue weighted by Gasteiger charge is -2.53. The van der Waals surface area contributed by atoms with Crippen LogP contribution in [0.1, 0.15) is 83.5 Å². The minimum atomic E-state index is -4.29. The van der Waals surface area contributed by atoms with Gasteiger partial charge in [0.05, 0.1) is 12.1 Å². The highest BCUT2D eigenvalue weighted by Crippen LogP contribution is 2.57. The number of hydrogen-bond acceptors (Lipinski definition) is 6. The highest BCUT2D eigenvalue weighted by Gasteiger charge is 2.53. The normalized spacial score (nSPS) is 23.8. The van der Waals surface area contributed by atoms with E-state index < -0.39 is 24.0 Å². The van der Waals surface area contributed by atoms with Crippen LogP contribution in [0, 0.1) is 5.41 Å². The van der Waals surface area contributed by atoms with Crippen LogP contribution in [0.2, 0.25) is 0 Å². The average Bonchev–Trinajstić information content (AvgIpc) is 3.56. The molecule has 3 saturated carbocycles. The Labute approximate surface area is 279 Å². The number of piperazine rings is 1. The molecule has 7 rings (SSSR count). The van der Waals surface area contributed by atoms with Crippen molar-refractivity contribution in [2.75, 3.05) is 44.2 Å². The largest absolute Gasteiger partial charge is 0.401 e. The van der Waals surface area contributed by atoms with Crippen LogP contribution in [0.5, 0.6) is 0 Å². The first-order valence-corrected chi connectivity index (χ1v) is 16.8. The third kappa shape index (κ3) is 7.24. The molecule has 12 heteroatoms. The number of carbonyl (C=O) groups excluding carboxylic acids is 1. The van der Waals surface area contributed by atoms with Crippen molar-refractivity contribution in [2.45, 2.75) is 89.1 Å². The summed E-state index contributed by atoms with van der Waals surface area (Å²) in [5.74, 6) is 0.542. The molecule has 8 nitrogen and oxygen atoms in total. The first-order valence-electron chi connectivity index (χ1n) is 16.8. The van der Waals surface area contributed by atoms with Crippen LogP contribution in [-0.4, -0.2) is 76.5 Å². The zero-order valence-corrected chi connectivity index (χ0v) is 28.1. The van der Waals surface area contributed by atoms with Gasteiger partial charge in [-0.15, -0.1) is 0 Å². The molecule has 1 N–H and O–H groups in total. The molecule has 0 spiro atoms. The quantitative estimate of drug-likeness (QED) is 0.249. The van der Waals surface area contributed by atoms with Crippen molar-refractivity contribution in [3.05, 3.63) is 65.8 Å². The maximum Gasteiger partial charge on any atom is 0.401 e. The lowest BCUT2D eigenvalue weighted by atomic mass is 9.53. The number of carbonyl (C=O) groups is 1. The maximum absolute atomic E-state index is 14.5. The Morgan fingerprint density at radius 3 is 2.06 bits per heavy atom. The molecule has 0 radical (unpaired) electrons. The number of hydrogen-bond donors (Lipinski definition) is 1. The molecule has 0 unspecified atom stereocenters. The number of urea groups is 1. The van der Waals surface area contributed by atoms with Crippen molar-refractivity contribution >= 4 is 11.7 Å². The number of rotatable bonds is 8. The first-order chi connectivity index (χ1) is 22.5. The lowest BCUT2D eigenvalue weighted by Crippen LogP contribution is -2.57. The molecule has 1 aromatic heterocycles. The molecule has 0 atom stereocenters. The van der Waals surface area contributed by atoms with Crippen LogP contribution >= 0.6 is 0 Å². The van der Waals surface area contributed by atoms with Crippen LogP contribution in [0.3, 0.4) is 0 Å². The monoisotopic (exact) mass is 671 g/mol. The third-order valence-electron chi connectivity index (χ3n) is 10.7. The van der Waals surface area contributed by atoms with Crippen molar-refractivity contribution < 1.29 is 32.0 Å². The summed E-state index contributed by atoms with van der Waals surface area (Å²) in [7, 11) is 0. The Morgan fingerprint density at radius 1 is 0.896 bits per heavy atom. The summed E-state index contributed by atoms with van der Waals surface area (Å²) in [5, 5.41) is 14.6. The minimum absolute atomic E-state index is 0.0176. The van der Waals surface area contributed by atoms with E-state index >= 15 is 0 Å². The fourth-order valence-electron chi connectivity index (χ4n) is 7.57. The number of aliphatic hydroxyl groups is 1. The second kappa shape index (κ2) is 12.4. The SMILES string of the molecule is CC(C)(O)c1ccc(-c2cccc(N(CC34CCC(c5noc(C(C)(C)F)n5)(CC3)CC4)C(=O)N3CCN(CC(F)(F)F)CC3)c2)cc1. The van der Waals surface area contributed by atoms with E-state index in [0.29, 0.717) is 12.4 Å². The number of fused-ring (bicyclic) bond motifs is 3. The van der Waals surface area contributed by atoms with Crippen LogP contribution in [0.15, 0.2) is 53.1 Å². The lowest BCUT2D eigenvalue weighted by molar-refractivity contribution is -0.148. The molecule has 2 heterocycles. The summed E-state index contributed by atoms with van der Waals surface area (Å²) in [4.78, 5) is 23.6. The summed E-state index contributed by atoms with van der Waals surface area (Å²) in [5.41, 5.74) is 0.230. The minimum Gasteiger partial charge on any atom is -0.386 e. The number of anilines is 1. The van der Waals surface area contributed by atoms with Gasteiger partial charge in [0.15, 0.2) is 11.5 Å². The molecular weight excluding hydrogens is 626 g/mol. The van der Waals surface area contributed by atoms with Gasteiger partial charge in [-0.2, -0.15) is 18.2 Å². The third-order valence-corrected chi connectivity index (χ3v) is 10.7. The number of halogens is 4. The van der Waals surface area contributed by atoms with E-state index in [0.717, 1.165) is 60.9 Å². The fourth-order valence-corrected chi connectivity index (χ4v) is 7.57. The van der Waals surface area contributed by atoms with Crippen molar-refractivity contribution in [1.29, 1.82) is 0 Å². The Hall–Kier alpha value is -3.51. The topological polar surface area (TPSA) is 85.9 Å². The van der Waals surface area contributed by atoms with Gasteiger partial charge >= 0.3 is 12.2 Å². The number of alkyl halides is 4. The zero-order valence-electron chi connectivity index (χ0n) is 28.1.